The van der Waals surface area contributed by atoms with Crippen LogP contribution in [0.3, 0.4) is 0 Å². The number of anilines is 4. The topological polar surface area (TPSA) is 13.0 Å². The zero-order valence-corrected chi connectivity index (χ0v) is 27.8. The molecule has 0 unspecified atom stereocenters. The van der Waals surface area contributed by atoms with E-state index in [1.807, 2.05) is 0 Å². The fourth-order valence-electron chi connectivity index (χ4n) is 4.92. The highest BCUT2D eigenvalue weighted by Crippen LogP contribution is 2.40. The van der Waals surface area contributed by atoms with Crippen molar-refractivity contribution in [3.8, 4) is 0 Å². The smallest absolute Gasteiger partial charge is 0.0361 e. The van der Waals surface area contributed by atoms with Gasteiger partial charge < -0.3 is 19.6 Å². The van der Waals surface area contributed by atoms with Crippen LogP contribution in [0.5, 0.6) is 0 Å². The van der Waals surface area contributed by atoms with E-state index < -0.39 is 15.8 Å². The van der Waals surface area contributed by atoms with Crippen molar-refractivity contribution in [1.29, 1.82) is 0 Å². The molecule has 0 radical (unpaired) electrons. The Hall–Kier alpha value is -3.06. The van der Waals surface area contributed by atoms with Gasteiger partial charge in [0.15, 0.2) is 0 Å². The SMILES string of the molecule is CN(C)c1ccc(P(CCCP(c2ccc(N(C)C)cc2)c2ccc(N(C)C)cc2)c2ccc(N(C)C)cc2)cc1. The highest BCUT2D eigenvalue weighted by Gasteiger charge is 2.19. The van der Waals surface area contributed by atoms with Crippen LogP contribution < -0.4 is 40.8 Å². The van der Waals surface area contributed by atoms with Crippen LogP contribution in [0, 0.1) is 0 Å². The third kappa shape index (κ3) is 8.03. The molecule has 0 amide bonds. The van der Waals surface area contributed by atoms with Crippen LogP contribution in [0.4, 0.5) is 22.7 Å². The van der Waals surface area contributed by atoms with Gasteiger partial charge in [0.2, 0.25) is 0 Å². The minimum Gasteiger partial charge on any atom is -0.378 e. The lowest BCUT2D eigenvalue weighted by molar-refractivity contribution is 1.11. The second-order valence-electron chi connectivity index (χ2n) is 11.3. The van der Waals surface area contributed by atoms with Gasteiger partial charge in [-0.2, -0.15) is 0 Å². The fourth-order valence-corrected chi connectivity index (χ4v) is 9.79. The summed E-state index contributed by atoms with van der Waals surface area (Å²) in [6.45, 7) is 0. The van der Waals surface area contributed by atoms with Crippen molar-refractivity contribution in [2.45, 2.75) is 6.42 Å². The van der Waals surface area contributed by atoms with Crippen molar-refractivity contribution < 1.29 is 0 Å². The molecule has 0 heterocycles. The van der Waals surface area contributed by atoms with E-state index in [0.717, 1.165) is 0 Å². The van der Waals surface area contributed by atoms with Crippen LogP contribution in [-0.4, -0.2) is 68.7 Å². The van der Waals surface area contributed by atoms with E-state index in [4.69, 9.17) is 0 Å². The predicted molar refractivity (Wildman–Crippen MR) is 190 cm³/mol. The quantitative estimate of drug-likeness (QED) is 0.192. The first-order valence-electron chi connectivity index (χ1n) is 14.3. The summed E-state index contributed by atoms with van der Waals surface area (Å²) in [4.78, 5) is 8.70. The van der Waals surface area contributed by atoms with Gasteiger partial charge in [0, 0.05) is 79.1 Å². The second kappa shape index (κ2) is 14.2. The van der Waals surface area contributed by atoms with Crippen LogP contribution in [-0.2, 0) is 0 Å². The van der Waals surface area contributed by atoms with Crippen molar-refractivity contribution in [3.05, 3.63) is 97.1 Å². The molecule has 4 nitrogen and oxygen atoms in total. The number of hydrogen-bond donors (Lipinski definition) is 0. The molecule has 0 atom stereocenters. The molecule has 0 aliphatic heterocycles. The van der Waals surface area contributed by atoms with Crippen LogP contribution in [0.1, 0.15) is 6.42 Å². The maximum atomic E-state index is 2.35. The molecule has 0 fully saturated rings. The molecular formula is C35H46N4P2. The van der Waals surface area contributed by atoms with E-state index in [2.05, 4.69) is 173 Å². The first-order valence-corrected chi connectivity index (χ1v) is 17.3. The van der Waals surface area contributed by atoms with Gasteiger partial charge in [-0.3, -0.25) is 0 Å². The average molecular weight is 585 g/mol. The van der Waals surface area contributed by atoms with Gasteiger partial charge in [-0.1, -0.05) is 48.5 Å². The molecule has 4 aromatic rings. The van der Waals surface area contributed by atoms with Gasteiger partial charge in [0.1, 0.15) is 0 Å². The number of nitrogens with zero attached hydrogens (tertiary/aromatic N) is 4. The molecule has 0 aliphatic carbocycles. The summed E-state index contributed by atoms with van der Waals surface area (Å²) in [6, 6.07) is 37.0. The Balaban J connectivity index is 1.61. The minimum atomic E-state index is -0.450. The Morgan fingerprint density at radius 3 is 0.707 bits per heavy atom. The monoisotopic (exact) mass is 584 g/mol. The summed E-state index contributed by atoms with van der Waals surface area (Å²) < 4.78 is 0. The van der Waals surface area contributed by atoms with E-state index in [9.17, 15) is 0 Å². The van der Waals surface area contributed by atoms with E-state index in [-0.39, 0.29) is 0 Å². The van der Waals surface area contributed by atoms with Gasteiger partial charge in [0.25, 0.3) is 0 Å². The molecule has 0 aliphatic rings. The molecule has 0 aromatic heterocycles. The molecule has 6 heteroatoms. The van der Waals surface area contributed by atoms with Crippen molar-refractivity contribution in [1.82, 2.24) is 0 Å². The van der Waals surface area contributed by atoms with Gasteiger partial charge in [-0.05, 0) is 104 Å². The van der Waals surface area contributed by atoms with E-state index >= 15 is 0 Å². The molecule has 0 N–H and O–H groups in total. The number of hydrogen-bond acceptors (Lipinski definition) is 4. The lowest BCUT2D eigenvalue weighted by atomic mass is 10.3. The summed E-state index contributed by atoms with van der Waals surface area (Å²) in [5.41, 5.74) is 4.99. The number of rotatable bonds is 12. The Bertz CT molecular complexity index is 1140. The largest absolute Gasteiger partial charge is 0.378 e. The van der Waals surface area contributed by atoms with Crippen LogP contribution in [0.15, 0.2) is 97.1 Å². The Kier molecular flexibility index (Phi) is 10.7. The molecule has 0 spiro atoms. The maximum Gasteiger partial charge on any atom is 0.0361 e. The molecule has 4 aromatic carbocycles. The van der Waals surface area contributed by atoms with Gasteiger partial charge in [-0.25, -0.2) is 0 Å². The first kappa shape index (κ1) is 30.9. The molecular weight excluding hydrogens is 538 g/mol. The highest BCUT2D eigenvalue weighted by molar-refractivity contribution is 7.74. The van der Waals surface area contributed by atoms with Gasteiger partial charge >= 0.3 is 0 Å². The maximum absolute atomic E-state index is 2.35. The highest BCUT2D eigenvalue weighted by atomic mass is 31.1. The minimum absolute atomic E-state index is 0.450. The van der Waals surface area contributed by atoms with Crippen molar-refractivity contribution in [3.63, 3.8) is 0 Å². The summed E-state index contributed by atoms with van der Waals surface area (Å²) in [5, 5.41) is 5.83. The molecule has 4 rings (SSSR count). The van der Waals surface area contributed by atoms with Crippen molar-refractivity contribution in [2.75, 3.05) is 88.3 Å². The third-order valence-electron chi connectivity index (χ3n) is 7.47. The van der Waals surface area contributed by atoms with Crippen molar-refractivity contribution in [2.24, 2.45) is 0 Å². The van der Waals surface area contributed by atoms with Gasteiger partial charge in [0.05, 0.1) is 0 Å². The zero-order chi connectivity index (χ0) is 29.5. The van der Waals surface area contributed by atoms with Crippen LogP contribution in [0.2, 0.25) is 0 Å². The average Bonchev–Trinajstić information content (AvgIpc) is 2.97. The summed E-state index contributed by atoms with van der Waals surface area (Å²) >= 11 is 0. The standard InChI is InChI=1S/C35H46N4P2/c1-36(2)28-10-18-32(19-11-28)40(33-20-12-29(13-21-33)37(3)4)26-9-27-41(34-22-14-30(15-23-34)38(5)6)35-24-16-31(17-25-35)39(7)8/h10-25H,9,26-27H2,1-8H3. The summed E-state index contributed by atoms with van der Waals surface area (Å²) in [7, 11) is 16.0. The Labute approximate surface area is 251 Å². The van der Waals surface area contributed by atoms with E-state index in [1.165, 1.54) is 62.7 Å². The first-order chi connectivity index (χ1) is 19.6. The van der Waals surface area contributed by atoms with Gasteiger partial charge in [-0.15, -0.1) is 0 Å². The van der Waals surface area contributed by atoms with Crippen LogP contribution >= 0.6 is 15.8 Å². The zero-order valence-electron chi connectivity index (χ0n) is 26.0. The number of benzene rings is 4. The Morgan fingerprint density at radius 2 is 0.537 bits per heavy atom. The van der Waals surface area contributed by atoms with E-state index in [1.54, 1.807) is 0 Å². The van der Waals surface area contributed by atoms with E-state index in [0.29, 0.717) is 0 Å². The molecule has 0 saturated heterocycles. The van der Waals surface area contributed by atoms with Crippen LogP contribution in [0.25, 0.3) is 0 Å². The second-order valence-corrected chi connectivity index (χ2v) is 16.0. The molecule has 41 heavy (non-hydrogen) atoms. The summed E-state index contributed by atoms with van der Waals surface area (Å²) in [6.07, 6.45) is 3.55. The Morgan fingerprint density at radius 1 is 0.341 bits per heavy atom. The lowest BCUT2D eigenvalue weighted by Gasteiger charge is -2.24. The fraction of sp³-hybridized carbons (Fsp3) is 0.314. The molecule has 0 bridgehead atoms. The molecule has 0 saturated carbocycles. The predicted octanol–water partition coefficient (Wildman–Crippen LogP) is 5.91. The molecule has 216 valence electrons. The third-order valence-corrected chi connectivity index (χ3v) is 12.7. The normalized spacial score (nSPS) is 11.2. The lowest BCUT2D eigenvalue weighted by Crippen LogP contribution is -2.19. The van der Waals surface area contributed by atoms with Crippen molar-refractivity contribution >= 4 is 59.8 Å². The summed E-state index contributed by atoms with van der Waals surface area (Å²) in [5.74, 6) is 0.